The number of hydrogen-bond acceptors (Lipinski definition) is 2. The predicted molar refractivity (Wildman–Crippen MR) is 95.3 cm³/mol. The Bertz CT molecular complexity index is 546. The zero-order valence-corrected chi connectivity index (χ0v) is 16.9. The van der Waals surface area contributed by atoms with E-state index in [1.165, 1.54) is 7.11 Å². The van der Waals surface area contributed by atoms with E-state index in [1.807, 2.05) is 62.3 Å². The smallest absolute Gasteiger partial charge is 0.134 e. The van der Waals surface area contributed by atoms with Gasteiger partial charge in [0.15, 0.2) is 0 Å². The second-order valence-corrected chi connectivity index (χ2v) is 9.99. The zero-order valence-electron chi connectivity index (χ0n) is 16.1. The van der Waals surface area contributed by atoms with Crippen molar-refractivity contribution in [2.75, 3.05) is 7.11 Å². The van der Waals surface area contributed by atoms with E-state index in [-0.39, 0.29) is 5.56 Å². The lowest BCUT2D eigenvalue weighted by molar-refractivity contribution is 0.413. The lowest BCUT2D eigenvalue weighted by Crippen LogP contribution is -2.28. The molecular formula is C19H30F2OS. The first-order chi connectivity index (χ1) is 10.1. The first kappa shape index (κ1) is 20.4. The number of rotatable bonds is 2. The molecule has 0 aliphatic heterocycles. The Morgan fingerprint density at radius 2 is 0.957 bits per heavy atom. The third kappa shape index (κ3) is 4.08. The maximum absolute atomic E-state index is 15.4. The van der Waals surface area contributed by atoms with Gasteiger partial charge < -0.3 is 4.18 Å². The first-order valence-corrected chi connectivity index (χ1v) is 8.65. The van der Waals surface area contributed by atoms with Crippen LogP contribution in [-0.4, -0.2) is 7.11 Å². The molecule has 0 aromatic heterocycles. The standard InChI is InChI=1S/C19H30F2OS/c1-17(2,3)11-14(20)12(18(4,5)6)16(23-22-10)13(15(11)21)19(7,8)9/h1-10H3. The van der Waals surface area contributed by atoms with E-state index < -0.39 is 27.9 Å². The molecule has 132 valence electrons. The normalized spacial score (nSPS) is 13.6. The van der Waals surface area contributed by atoms with Crippen molar-refractivity contribution in [1.82, 2.24) is 0 Å². The van der Waals surface area contributed by atoms with E-state index in [0.717, 1.165) is 12.0 Å². The fourth-order valence-electron chi connectivity index (χ4n) is 2.84. The molecule has 1 nitrogen and oxygen atoms in total. The molecule has 0 aliphatic carbocycles. The van der Waals surface area contributed by atoms with Gasteiger partial charge in [-0.1, -0.05) is 62.3 Å². The van der Waals surface area contributed by atoms with Crippen molar-refractivity contribution >= 4 is 12.0 Å². The van der Waals surface area contributed by atoms with Gasteiger partial charge in [-0.2, -0.15) is 0 Å². The van der Waals surface area contributed by atoms with Crippen LogP contribution in [0.15, 0.2) is 4.90 Å². The lowest BCUT2D eigenvalue weighted by Gasteiger charge is -2.34. The average Bonchev–Trinajstić information content (AvgIpc) is 2.22. The molecule has 0 saturated heterocycles. The fraction of sp³-hybridized carbons (Fsp3) is 0.684. The monoisotopic (exact) mass is 344 g/mol. The summed E-state index contributed by atoms with van der Waals surface area (Å²) in [6.45, 7) is 17.2. The second-order valence-electron chi connectivity index (χ2n) is 9.08. The molecule has 0 saturated carbocycles. The summed E-state index contributed by atoms with van der Waals surface area (Å²) in [7, 11) is 1.52. The summed E-state index contributed by atoms with van der Waals surface area (Å²) in [6.07, 6.45) is 0. The van der Waals surface area contributed by atoms with Crippen LogP contribution in [0.3, 0.4) is 0 Å². The molecule has 0 radical (unpaired) electrons. The van der Waals surface area contributed by atoms with Crippen molar-refractivity contribution < 1.29 is 13.0 Å². The second kappa shape index (κ2) is 6.36. The van der Waals surface area contributed by atoms with Gasteiger partial charge in [0.2, 0.25) is 0 Å². The maximum atomic E-state index is 15.4. The van der Waals surface area contributed by atoms with Crippen LogP contribution in [0.4, 0.5) is 8.78 Å². The van der Waals surface area contributed by atoms with E-state index in [4.69, 9.17) is 4.18 Å². The minimum absolute atomic E-state index is 0.160. The highest BCUT2D eigenvalue weighted by Gasteiger charge is 2.38. The Morgan fingerprint density at radius 3 is 1.17 bits per heavy atom. The Kier molecular flexibility index (Phi) is 5.65. The van der Waals surface area contributed by atoms with Crippen molar-refractivity contribution in [2.24, 2.45) is 0 Å². The number of benzene rings is 1. The molecule has 0 N–H and O–H groups in total. The zero-order chi connectivity index (χ0) is 18.4. The summed E-state index contributed by atoms with van der Waals surface area (Å²) < 4.78 is 36.0. The van der Waals surface area contributed by atoms with E-state index in [9.17, 15) is 0 Å². The molecule has 0 heterocycles. The molecule has 0 amide bonds. The average molecular weight is 345 g/mol. The van der Waals surface area contributed by atoms with E-state index in [1.54, 1.807) is 0 Å². The summed E-state index contributed by atoms with van der Waals surface area (Å²) in [5, 5.41) is 0. The van der Waals surface area contributed by atoms with Crippen LogP contribution in [0.25, 0.3) is 0 Å². The van der Waals surface area contributed by atoms with E-state index in [2.05, 4.69) is 0 Å². The summed E-state index contributed by atoms with van der Waals surface area (Å²) in [4.78, 5) is 0.565. The number of halogens is 2. The Morgan fingerprint density at radius 1 is 0.652 bits per heavy atom. The van der Waals surface area contributed by atoms with Gasteiger partial charge in [0.05, 0.1) is 7.11 Å². The molecule has 0 unspecified atom stereocenters. The fourth-order valence-corrected chi connectivity index (χ4v) is 3.96. The van der Waals surface area contributed by atoms with Crippen molar-refractivity contribution in [3.63, 3.8) is 0 Å². The van der Waals surface area contributed by atoms with Gasteiger partial charge in [-0.05, 0) is 16.2 Å². The highest BCUT2D eigenvalue weighted by molar-refractivity contribution is 7.94. The van der Waals surface area contributed by atoms with Gasteiger partial charge in [-0.3, -0.25) is 0 Å². The largest absolute Gasteiger partial charge is 0.314 e. The third-order valence-corrected chi connectivity index (χ3v) is 4.49. The minimum atomic E-state index is -0.621. The van der Waals surface area contributed by atoms with Crippen molar-refractivity contribution in [2.45, 2.75) is 83.5 Å². The molecule has 23 heavy (non-hydrogen) atoms. The molecule has 4 heteroatoms. The third-order valence-electron chi connectivity index (χ3n) is 3.75. The van der Waals surface area contributed by atoms with Gasteiger partial charge in [-0.15, -0.1) is 0 Å². The van der Waals surface area contributed by atoms with Gasteiger partial charge in [-0.25, -0.2) is 8.78 Å². The molecule has 1 aromatic carbocycles. The van der Waals surface area contributed by atoms with Gasteiger partial charge >= 0.3 is 0 Å². The van der Waals surface area contributed by atoms with Crippen LogP contribution in [0.2, 0.25) is 0 Å². The highest BCUT2D eigenvalue weighted by atomic mass is 32.2. The summed E-state index contributed by atoms with van der Waals surface area (Å²) in [5.74, 6) is -0.898. The van der Waals surface area contributed by atoms with E-state index >= 15 is 8.78 Å². The highest BCUT2D eigenvalue weighted by Crippen LogP contribution is 2.46. The number of hydrogen-bond donors (Lipinski definition) is 0. The molecule has 0 spiro atoms. The van der Waals surface area contributed by atoms with Crippen molar-refractivity contribution in [3.05, 3.63) is 28.3 Å². The van der Waals surface area contributed by atoms with Crippen molar-refractivity contribution in [1.29, 1.82) is 0 Å². The molecular weight excluding hydrogens is 314 g/mol. The molecule has 1 rings (SSSR count). The van der Waals surface area contributed by atoms with Gasteiger partial charge in [0, 0.05) is 33.6 Å². The van der Waals surface area contributed by atoms with Gasteiger partial charge in [0.25, 0.3) is 0 Å². The Balaban J connectivity index is 4.11. The van der Waals surface area contributed by atoms with Crippen LogP contribution in [0.1, 0.15) is 79.0 Å². The van der Waals surface area contributed by atoms with Gasteiger partial charge in [0.1, 0.15) is 11.6 Å². The molecule has 0 bridgehead atoms. The predicted octanol–water partition coefficient (Wildman–Crippen LogP) is 6.51. The topological polar surface area (TPSA) is 9.23 Å². The van der Waals surface area contributed by atoms with Crippen LogP contribution in [0, 0.1) is 11.6 Å². The lowest BCUT2D eigenvalue weighted by atomic mass is 9.74. The molecule has 0 fully saturated rings. The van der Waals surface area contributed by atoms with Crippen molar-refractivity contribution in [3.8, 4) is 0 Å². The maximum Gasteiger partial charge on any atom is 0.134 e. The molecule has 1 aromatic rings. The Labute approximate surface area is 144 Å². The van der Waals surface area contributed by atoms with Crippen LogP contribution >= 0.6 is 12.0 Å². The van der Waals surface area contributed by atoms with Crippen LogP contribution in [-0.2, 0) is 20.4 Å². The summed E-state index contributed by atoms with van der Waals surface area (Å²) in [6, 6.07) is 0. The Hall–Kier alpha value is -0.610. The van der Waals surface area contributed by atoms with Crippen LogP contribution < -0.4 is 0 Å². The molecule has 0 atom stereocenters. The quantitative estimate of drug-likeness (QED) is 0.565. The van der Waals surface area contributed by atoms with Crippen LogP contribution in [0.5, 0.6) is 0 Å². The minimum Gasteiger partial charge on any atom is -0.314 e. The van der Waals surface area contributed by atoms with E-state index in [0.29, 0.717) is 16.0 Å². The SMILES string of the molecule is COSc1c(C(C)(C)C)c(F)c(C(C)(C)C)c(F)c1C(C)(C)C. The summed E-state index contributed by atoms with van der Waals surface area (Å²) >= 11 is 1.05. The first-order valence-electron chi connectivity index (χ1n) is 7.91. The molecule has 0 aliphatic rings. The summed E-state index contributed by atoms with van der Waals surface area (Å²) in [5.41, 5.74) is -0.323.